The molecular weight excluding hydrogens is 726 g/mol. The standard InChI is InChI=1S/C48H78B2O8/c1-15-37(52-14)27-31-54-39(17-3)21-19-29-48(28-18-20-38(16-2)53-30-26-34(4)51-13)42-32-35(49-55-44(5,6)45(7,8)56-49)22-24-40(42)41-25-23-36(33-43(41)48)50-57-46(9,10)47(11,12)58-50/h22-25,32-34,37-39H,15-21,26-31H2,1-14H3. The molecule has 0 spiro atoms. The molecular formula is C48H78B2O8. The molecule has 2 heterocycles. The molecule has 2 saturated heterocycles. The molecule has 10 heteroatoms. The molecule has 5 rings (SSSR count). The van der Waals surface area contributed by atoms with Crippen molar-refractivity contribution >= 4 is 25.2 Å². The van der Waals surface area contributed by atoms with E-state index in [4.69, 9.17) is 37.6 Å². The van der Waals surface area contributed by atoms with E-state index in [-0.39, 0.29) is 29.8 Å². The van der Waals surface area contributed by atoms with Gasteiger partial charge in [-0.2, -0.15) is 0 Å². The lowest BCUT2D eigenvalue weighted by Gasteiger charge is -2.34. The van der Waals surface area contributed by atoms with Crippen molar-refractivity contribution in [1.82, 2.24) is 0 Å². The summed E-state index contributed by atoms with van der Waals surface area (Å²) >= 11 is 0. The predicted octanol–water partition coefficient (Wildman–Crippen LogP) is 9.72. The third-order valence-corrected chi connectivity index (χ3v) is 14.5. The van der Waals surface area contributed by atoms with Gasteiger partial charge in [0.05, 0.1) is 46.8 Å². The molecule has 2 aliphatic heterocycles. The highest BCUT2D eigenvalue weighted by Crippen LogP contribution is 2.54. The van der Waals surface area contributed by atoms with Crippen LogP contribution in [0, 0.1) is 0 Å². The second kappa shape index (κ2) is 19.5. The fourth-order valence-corrected chi connectivity index (χ4v) is 8.89. The Morgan fingerprint density at radius 1 is 0.534 bits per heavy atom. The number of hydrogen-bond donors (Lipinski definition) is 0. The van der Waals surface area contributed by atoms with Gasteiger partial charge in [-0.25, -0.2) is 0 Å². The van der Waals surface area contributed by atoms with Crippen molar-refractivity contribution in [2.24, 2.45) is 0 Å². The Balaban J connectivity index is 1.53. The van der Waals surface area contributed by atoms with Crippen molar-refractivity contribution in [1.29, 1.82) is 0 Å². The minimum Gasteiger partial charge on any atom is -0.399 e. The first kappa shape index (κ1) is 47.3. The molecule has 0 saturated carbocycles. The quantitative estimate of drug-likeness (QED) is 0.103. The molecule has 0 radical (unpaired) electrons. The molecule has 8 nitrogen and oxygen atoms in total. The third-order valence-electron chi connectivity index (χ3n) is 14.5. The summed E-state index contributed by atoms with van der Waals surface area (Å²) in [6, 6.07) is 13.9. The van der Waals surface area contributed by atoms with Gasteiger partial charge in [0.25, 0.3) is 0 Å². The van der Waals surface area contributed by atoms with E-state index >= 15 is 0 Å². The highest BCUT2D eigenvalue weighted by molar-refractivity contribution is 6.62. The molecule has 4 unspecified atom stereocenters. The van der Waals surface area contributed by atoms with Crippen LogP contribution >= 0.6 is 0 Å². The number of fused-ring (bicyclic) bond motifs is 3. The largest absolute Gasteiger partial charge is 0.494 e. The molecule has 2 aromatic rings. The summed E-state index contributed by atoms with van der Waals surface area (Å²) < 4.78 is 50.8. The van der Waals surface area contributed by atoms with E-state index in [0.29, 0.717) is 6.61 Å². The summed E-state index contributed by atoms with van der Waals surface area (Å²) in [4.78, 5) is 0. The molecule has 324 valence electrons. The lowest BCUT2D eigenvalue weighted by atomic mass is 9.67. The molecule has 2 fully saturated rings. The SMILES string of the molecule is CCC(CCOC(CC)CCCC1(CCCC(CC)OCCC(C)OC)c2cc(B3OC(C)(C)C(C)(C)O3)ccc2-c2ccc(B3OC(C)(C)C(C)(C)O3)cc21)OC. The molecule has 0 bridgehead atoms. The van der Waals surface area contributed by atoms with E-state index in [0.717, 1.165) is 88.2 Å². The van der Waals surface area contributed by atoms with Crippen LogP contribution in [0.3, 0.4) is 0 Å². The fourth-order valence-electron chi connectivity index (χ4n) is 8.89. The van der Waals surface area contributed by atoms with Gasteiger partial charge in [0.1, 0.15) is 0 Å². The van der Waals surface area contributed by atoms with Gasteiger partial charge in [-0.3, -0.25) is 0 Å². The zero-order chi connectivity index (χ0) is 42.5. The first-order chi connectivity index (χ1) is 27.4. The summed E-state index contributed by atoms with van der Waals surface area (Å²) in [5.74, 6) is 0. The van der Waals surface area contributed by atoms with E-state index in [1.165, 1.54) is 22.3 Å². The van der Waals surface area contributed by atoms with Crippen LogP contribution in [-0.2, 0) is 43.0 Å². The molecule has 0 amide bonds. The average Bonchev–Trinajstić information content (AvgIpc) is 3.68. The Hall–Kier alpha value is -1.75. The number of ether oxygens (including phenoxy) is 4. The van der Waals surface area contributed by atoms with E-state index < -0.39 is 36.6 Å². The first-order valence-electron chi connectivity index (χ1n) is 22.7. The van der Waals surface area contributed by atoms with Crippen LogP contribution in [0.15, 0.2) is 36.4 Å². The van der Waals surface area contributed by atoms with Crippen molar-refractivity contribution in [2.45, 2.75) is 206 Å². The normalized spacial score (nSPS) is 21.8. The Kier molecular flexibility index (Phi) is 15.9. The minimum atomic E-state index is -0.443. The molecule has 0 aromatic heterocycles. The Labute approximate surface area is 353 Å². The third kappa shape index (κ3) is 10.3. The lowest BCUT2D eigenvalue weighted by molar-refractivity contribution is 0.00578. The van der Waals surface area contributed by atoms with Crippen molar-refractivity contribution in [3.05, 3.63) is 47.5 Å². The minimum absolute atomic E-state index is 0.188. The van der Waals surface area contributed by atoms with Crippen LogP contribution in [0.25, 0.3) is 11.1 Å². The van der Waals surface area contributed by atoms with E-state index in [9.17, 15) is 0 Å². The van der Waals surface area contributed by atoms with Crippen molar-refractivity contribution in [2.75, 3.05) is 27.4 Å². The van der Waals surface area contributed by atoms with Crippen LogP contribution in [-0.4, -0.2) is 88.5 Å². The van der Waals surface area contributed by atoms with Gasteiger partial charge in [0.2, 0.25) is 0 Å². The fraction of sp³-hybridized carbons (Fsp3) is 0.750. The van der Waals surface area contributed by atoms with Crippen LogP contribution in [0.2, 0.25) is 0 Å². The maximum Gasteiger partial charge on any atom is 0.494 e. The summed E-state index contributed by atoms with van der Waals surface area (Å²) in [6.07, 6.45) is 11.6. The highest BCUT2D eigenvalue weighted by atomic mass is 16.7. The zero-order valence-corrected chi connectivity index (χ0v) is 38.9. The van der Waals surface area contributed by atoms with Gasteiger partial charge in [0, 0.05) is 32.8 Å². The Morgan fingerprint density at radius 3 is 1.29 bits per heavy atom. The second-order valence-corrected chi connectivity index (χ2v) is 19.3. The van der Waals surface area contributed by atoms with Crippen molar-refractivity contribution < 1.29 is 37.6 Å². The van der Waals surface area contributed by atoms with Gasteiger partial charge < -0.3 is 37.6 Å². The van der Waals surface area contributed by atoms with E-state index in [2.05, 4.69) is 119 Å². The monoisotopic (exact) mass is 805 g/mol. The molecule has 3 aliphatic rings. The van der Waals surface area contributed by atoms with Gasteiger partial charge in [0.15, 0.2) is 0 Å². The van der Waals surface area contributed by atoms with Crippen LogP contribution < -0.4 is 10.9 Å². The number of hydrogen-bond acceptors (Lipinski definition) is 8. The summed E-state index contributed by atoms with van der Waals surface area (Å²) in [7, 11) is 2.69. The average molecular weight is 805 g/mol. The first-order valence-corrected chi connectivity index (χ1v) is 22.7. The number of methoxy groups -OCH3 is 2. The van der Waals surface area contributed by atoms with Crippen LogP contribution in [0.1, 0.15) is 165 Å². The smallest absolute Gasteiger partial charge is 0.399 e. The van der Waals surface area contributed by atoms with Gasteiger partial charge in [-0.05, 0) is 166 Å². The van der Waals surface area contributed by atoms with Gasteiger partial charge in [-0.15, -0.1) is 0 Å². The van der Waals surface area contributed by atoms with Gasteiger partial charge >= 0.3 is 14.2 Å². The number of benzene rings is 2. The molecule has 2 aromatic carbocycles. The maximum atomic E-state index is 6.66. The summed E-state index contributed by atoms with van der Waals surface area (Å²) in [5, 5.41) is 0. The Morgan fingerprint density at radius 2 is 0.931 bits per heavy atom. The van der Waals surface area contributed by atoms with Crippen molar-refractivity contribution in [3.63, 3.8) is 0 Å². The van der Waals surface area contributed by atoms with Crippen molar-refractivity contribution in [3.8, 4) is 11.1 Å². The van der Waals surface area contributed by atoms with Crippen LogP contribution in [0.5, 0.6) is 0 Å². The second-order valence-electron chi connectivity index (χ2n) is 19.3. The molecule has 0 N–H and O–H groups in total. The molecule has 58 heavy (non-hydrogen) atoms. The highest BCUT2D eigenvalue weighted by Gasteiger charge is 2.54. The summed E-state index contributed by atoms with van der Waals surface area (Å²) in [6.45, 7) is 27.2. The summed E-state index contributed by atoms with van der Waals surface area (Å²) in [5.41, 5.74) is 5.48. The molecule has 4 atom stereocenters. The topological polar surface area (TPSA) is 73.8 Å². The maximum absolute atomic E-state index is 6.66. The lowest BCUT2D eigenvalue weighted by Crippen LogP contribution is -2.41. The predicted molar refractivity (Wildman–Crippen MR) is 239 cm³/mol. The number of rotatable bonds is 23. The van der Waals surface area contributed by atoms with E-state index in [1.807, 2.05) is 0 Å². The molecule has 1 aliphatic carbocycles. The van der Waals surface area contributed by atoms with E-state index in [1.54, 1.807) is 14.2 Å². The van der Waals surface area contributed by atoms with Gasteiger partial charge in [-0.1, -0.05) is 57.2 Å². The van der Waals surface area contributed by atoms with Crippen LogP contribution in [0.4, 0.5) is 0 Å². The zero-order valence-electron chi connectivity index (χ0n) is 38.9. The Bertz CT molecular complexity index is 1500.